The molecule has 1 aromatic carbocycles. The number of nitrogens with zero attached hydrogens (tertiary/aromatic N) is 2. The quantitative estimate of drug-likeness (QED) is 0.510. The van der Waals surface area contributed by atoms with Crippen LogP contribution in [0.3, 0.4) is 0 Å². The Morgan fingerprint density at radius 2 is 1.42 bits per heavy atom. The first-order chi connectivity index (χ1) is 14.2. The summed E-state index contributed by atoms with van der Waals surface area (Å²) >= 11 is 0. The molecule has 4 nitrogen and oxygen atoms in total. The molecule has 170 valence electrons. The Balaban J connectivity index is 0.000000502. The van der Waals surface area contributed by atoms with Crippen molar-refractivity contribution in [3.05, 3.63) is 96.1 Å². The average Bonchev–Trinajstić information content (AvgIpc) is 3.41. The van der Waals surface area contributed by atoms with Gasteiger partial charge in [0.15, 0.2) is 0 Å². The fourth-order valence-electron chi connectivity index (χ4n) is 2.86. The first kappa shape index (κ1) is 28.4. The van der Waals surface area contributed by atoms with Crippen molar-refractivity contribution in [2.75, 3.05) is 13.2 Å². The lowest BCUT2D eigenvalue weighted by molar-refractivity contribution is 0.150. The van der Waals surface area contributed by atoms with Gasteiger partial charge >= 0.3 is 0 Å². The first-order valence-electron chi connectivity index (χ1n) is 10.3. The molecule has 1 aliphatic rings. The third-order valence-corrected chi connectivity index (χ3v) is 4.68. The maximum absolute atomic E-state index is 10.2. The fraction of sp³-hybridized carbons (Fsp3) is 0.407. The Morgan fingerprint density at radius 3 is 1.84 bits per heavy atom. The molecule has 0 radical (unpaired) electrons. The summed E-state index contributed by atoms with van der Waals surface area (Å²) in [6.07, 6.45) is 6.65. The minimum atomic E-state index is -0.504. The van der Waals surface area contributed by atoms with E-state index < -0.39 is 6.10 Å². The molecule has 1 N–H and O–H groups in total. The maximum Gasteiger partial charge on any atom is 0.0870 e. The lowest BCUT2D eigenvalue weighted by Crippen LogP contribution is -2.08. The van der Waals surface area contributed by atoms with Crippen molar-refractivity contribution in [2.45, 2.75) is 60.0 Å². The number of ether oxygens (including phenoxy) is 1. The molecule has 0 saturated carbocycles. The Morgan fingerprint density at radius 1 is 0.839 bits per heavy atom. The van der Waals surface area contributed by atoms with Crippen molar-refractivity contribution in [1.82, 2.24) is 9.97 Å². The zero-order chi connectivity index (χ0) is 20.7. The molecule has 4 heteroatoms. The van der Waals surface area contributed by atoms with Gasteiger partial charge in [0.25, 0.3) is 0 Å². The summed E-state index contributed by atoms with van der Waals surface area (Å²) in [7, 11) is 0. The van der Waals surface area contributed by atoms with Gasteiger partial charge in [-0.15, -0.1) is 0 Å². The predicted molar refractivity (Wildman–Crippen MR) is 131 cm³/mol. The second-order valence-corrected chi connectivity index (χ2v) is 6.89. The van der Waals surface area contributed by atoms with Crippen LogP contribution in [0.15, 0.2) is 79.1 Å². The number of rotatable bonds is 4. The van der Waals surface area contributed by atoms with E-state index >= 15 is 0 Å². The third-order valence-electron chi connectivity index (χ3n) is 4.68. The molecule has 1 aliphatic heterocycles. The summed E-state index contributed by atoms with van der Waals surface area (Å²) < 4.78 is 4.94. The Labute approximate surface area is 189 Å². The monoisotopic (exact) mass is 424 g/mol. The molecule has 4 rings (SSSR count). The van der Waals surface area contributed by atoms with E-state index in [2.05, 4.69) is 16.9 Å². The van der Waals surface area contributed by atoms with Gasteiger partial charge < -0.3 is 9.84 Å². The van der Waals surface area contributed by atoms with Gasteiger partial charge in [0.2, 0.25) is 0 Å². The van der Waals surface area contributed by atoms with E-state index in [1.165, 1.54) is 12.8 Å². The van der Waals surface area contributed by atoms with Crippen molar-refractivity contribution >= 4 is 0 Å². The Hall–Kier alpha value is -2.56. The minimum Gasteiger partial charge on any atom is -0.388 e. The van der Waals surface area contributed by atoms with Crippen LogP contribution in [0.5, 0.6) is 0 Å². The van der Waals surface area contributed by atoms with Gasteiger partial charge in [0.05, 0.1) is 6.10 Å². The number of aliphatic hydroxyl groups excluding tert-OH is 1. The van der Waals surface area contributed by atoms with Gasteiger partial charge in [0.1, 0.15) is 0 Å². The number of aliphatic hydroxyl groups is 1. The normalized spacial score (nSPS) is 13.6. The van der Waals surface area contributed by atoms with Crippen LogP contribution in [0.4, 0.5) is 0 Å². The molecule has 3 aromatic rings. The van der Waals surface area contributed by atoms with Gasteiger partial charge in [-0.05, 0) is 49.1 Å². The number of hydrogen-bond acceptors (Lipinski definition) is 4. The maximum atomic E-state index is 10.2. The van der Waals surface area contributed by atoms with Crippen molar-refractivity contribution < 1.29 is 9.84 Å². The summed E-state index contributed by atoms with van der Waals surface area (Å²) in [5.74, 6) is 0.00333. The highest BCUT2D eigenvalue weighted by Crippen LogP contribution is 2.28. The molecule has 0 spiro atoms. The zero-order valence-corrected chi connectivity index (χ0v) is 17.4. The Kier molecular flexibility index (Phi) is 15.7. The van der Waals surface area contributed by atoms with Crippen molar-refractivity contribution in [2.24, 2.45) is 0 Å². The van der Waals surface area contributed by atoms with Crippen LogP contribution >= 0.6 is 0 Å². The molecule has 1 saturated heterocycles. The molecule has 2 unspecified atom stereocenters. The van der Waals surface area contributed by atoms with E-state index in [0.29, 0.717) is 0 Å². The molecular weight excluding hydrogens is 384 g/mol. The standard InChI is InChI=1S/C14H15NO.C7H9N.C4H8O.2CH4/c1-11(13-9-5-6-10-15-13)14(16)12-7-3-2-4-8-12;1-2-7-5-3-4-6-8-7;1-2-4-5-3-1;;/h2-11,14,16H,1H3;3-6H,2H2,1H3;1-4H2;2*1H4. The smallest absolute Gasteiger partial charge is 0.0870 e. The van der Waals surface area contributed by atoms with Crippen molar-refractivity contribution in [3.63, 3.8) is 0 Å². The largest absolute Gasteiger partial charge is 0.388 e. The summed E-state index contributed by atoms with van der Waals surface area (Å²) in [6.45, 7) is 6.09. The zero-order valence-electron chi connectivity index (χ0n) is 17.4. The van der Waals surface area contributed by atoms with Gasteiger partial charge in [-0.3, -0.25) is 9.97 Å². The fourth-order valence-corrected chi connectivity index (χ4v) is 2.86. The van der Waals surface area contributed by atoms with Crippen molar-refractivity contribution in [3.8, 4) is 0 Å². The molecule has 2 atom stereocenters. The van der Waals surface area contributed by atoms with Crippen molar-refractivity contribution in [1.29, 1.82) is 0 Å². The van der Waals surface area contributed by atoms with Crippen LogP contribution in [-0.2, 0) is 11.2 Å². The first-order valence-corrected chi connectivity index (χ1v) is 10.3. The highest BCUT2D eigenvalue weighted by Gasteiger charge is 2.18. The van der Waals surface area contributed by atoms with Gasteiger partial charge in [-0.25, -0.2) is 0 Å². The van der Waals surface area contributed by atoms with Crippen LogP contribution in [-0.4, -0.2) is 28.3 Å². The lowest BCUT2D eigenvalue weighted by atomic mass is 9.94. The molecule has 3 heterocycles. The van der Waals surface area contributed by atoms with Gasteiger partial charge in [0, 0.05) is 42.9 Å². The number of hydrogen-bond donors (Lipinski definition) is 1. The SMILES string of the molecule is C.C.C1CCOC1.CC(c1ccccn1)C(O)c1ccccc1.CCc1ccccn1. The van der Waals surface area contributed by atoms with Gasteiger partial charge in [-0.1, -0.05) is 71.2 Å². The second-order valence-electron chi connectivity index (χ2n) is 6.89. The Bertz CT molecular complexity index is 712. The van der Waals surface area contributed by atoms with E-state index in [-0.39, 0.29) is 20.8 Å². The minimum absolute atomic E-state index is 0. The lowest BCUT2D eigenvalue weighted by Gasteiger charge is -2.18. The number of pyridine rings is 2. The van der Waals surface area contributed by atoms with E-state index in [9.17, 15) is 5.11 Å². The molecule has 0 aliphatic carbocycles. The van der Waals surface area contributed by atoms with Gasteiger partial charge in [-0.2, -0.15) is 0 Å². The van der Waals surface area contributed by atoms with E-state index in [4.69, 9.17) is 4.74 Å². The summed E-state index contributed by atoms with van der Waals surface area (Å²) in [6, 6.07) is 21.4. The van der Waals surface area contributed by atoms with Crippen LogP contribution in [0, 0.1) is 0 Å². The molecule has 1 fully saturated rings. The molecule has 0 amide bonds. The number of aryl methyl sites for hydroxylation is 1. The second kappa shape index (κ2) is 17.2. The number of aromatic nitrogens is 2. The van der Waals surface area contributed by atoms with Crippen LogP contribution in [0.2, 0.25) is 0 Å². The molecular formula is C27H40N2O2. The summed E-state index contributed by atoms with van der Waals surface area (Å²) in [5.41, 5.74) is 3.01. The molecule has 31 heavy (non-hydrogen) atoms. The highest BCUT2D eigenvalue weighted by atomic mass is 16.5. The van der Waals surface area contributed by atoms with E-state index in [1.807, 2.05) is 79.9 Å². The molecule has 2 aromatic heterocycles. The van der Waals surface area contributed by atoms with Crippen LogP contribution in [0.1, 0.15) is 70.5 Å². The average molecular weight is 425 g/mol. The summed E-state index contributed by atoms with van der Waals surface area (Å²) in [4.78, 5) is 8.36. The van der Waals surface area contributed by atoms with E-state index in [1.54, 1.807) is 6.20 Å². The number of benzene rings is 1. The van der Waals surface area contributed by atoms with E-state index in [0.717, 1.165) is 36.6 Å². The predicted octanol–water partition coefficient (Wildman–Crippen LogP) is 6.63. The highest BCUT2D eigenvalue weighted by molar-refractivity contribution is 5.22. The van der Waals surface area contributed by atoms with Crippen LogP contribution < -0.4 is 0 Å². The molecule has 0 bridgehead atoms. The topological polar surface area (TPSA) is 55.2 Å². The van der Waals surface area contributed by atoms with Crippen LogP contribution in [0.25, 0.3) is 0 Å². The summed E-state index contributed by atoms with van der Waals surface area (Å²) in [5, 5.41) is 10.2. The third kappa shape index (κ3) is 10.9.